The van der Waals surface area contributed by atoms with Crippen LogP contribution in [-0.4, -0.2) is 30.1 Å². The zero-order chi connectivity index (χ0) is 11.6. The first-order chi connectivity index (χ1) is 7.63. The molecule has 2 fully saturated rings. The van der Waals surface area contributed by atoms with Crippen LogP contribution in [0.2, 0.25) is 0 Å². The molecule has 0 spiro atoms. The Labute approximate surface area is 101 Å². The lowest BCUT2D eigenvalue weighted by atomic mass is 10.1. The van der Waals surface area contributed by atoms with Crippen molar-refractivity contribution in [2.24, 2.45) is 11.1 Å². The number of hydrogen-bond acceptors (Lipinski definition) is 4. The highest BCUT2D eigenvalue weighted by molar-refractivity contribution is 7.99. The van der Waals surface area contributed by atoms with E-state index in [4.69, 9.17) is 10.5 Å². The van der Waals surface area contributed by atoms with Gasteiger partial charge >= 0.3 is 5.97 Å². The summed E-state index contributed by atoms with van der Waals surface area (Å²) in [6.07, 6.45) is 6.55. The largest absolute Gasteiger partial charge is 0.469 e. The Bertz CT molecular complexity index is 266. The molecule has 0 aliphatic heterocycles. The molecule has 2 atom stereocenters. The van der Waals surface area contributed by atoms with Gasteiger partial charge in [-0.3, -0.25) is 4.79 Å². The van der Waals surface area contributed by atoms with Crippen LogP contribution in [0, 0.1) is 5.41 Å². The molecule has 0 saturated heterocycles. The molecule has 2 rings (SSSR count). The molecule has 3 nitrogen and oxygen atoms in total. The first-order valence-corrected chi connectivity index (χ1v) is 7.12. The molecule has 0 aromatic carbocycles. The van der Waals surface area contributed by atoms with Crippen molar-refractivity contribution < 1.29 is 9.53 Å². The molecule has 2 aliphatic rings. The van der Waals surface area contributed by atoms with E-state index in [1.165, 1.54) is 32.8 Å². The topological polar surface area (TPSA) is 52.3 Å². The predicted molar refractivity (Wildman–Crippen MR) is 66.4 cm³/mol. The van der Waals surface area contributed by atoms with Gasteiger partial charge in [0.05, 0.1) is 13.5 Å². The molecule has 2 aliphatic carbocycles. The highest BCUT2D eigenvalue weighted by Crippen LogP contribution is 2.52. The van der Waals surface area contributed by atoms with E-state index in [9.17, 15) is 4.79 Å². The van der Waals surface area contributed by atoms with Crippen molar-refractivity contribution >= 4 is 17.7 Å². The van der Waals surface area contributed by atoms with Gasteiger partial charge in [0.25, 0.3) is 0 Å². The van der Waals surface area contributed by atoms with Crippen molar-refractivity contribution in [2.75, 3.05) is 12.9 Å². The smallest absolute Gasteiger partial charge is 0.306 e. The van der Waals surface area contributed by atoms with Crippen LogP contribution in [0.25, 0.3) is 0 Å². The predicted octanol–water partition coefficient (Wildman–Crippen LogP) is 1.94. The normalized spacial score (nSPS) is 31.4. The summed E-state index contributed by atoms with van der Waals surface area (Å²) in [6.45, 7) is 0. The van der Waals surface area contributed by atoms with E-state index in [1.807, 2.05) is 11.8 Å². The number of methoxy groups -OCH3 is 1. The number of hydrogen-bond donors (Lipinski definition) is 1. The van der Waals surface area contributed by atoms with Gasteiger partial charge in [-0.2, -0.15) is 11.8 Å². The summed E-state index contributed by atoms with van der Waals surface area (Å²) in [5, 5.41) is 0.727. The van der Waals surface area contributed by atoms with Gasteiger partial charge in [0.15, 0.2) is 0 Å². The number of carbonyl (C=O) groups is 1. The summed E-state index contributed by atoms with van der Waals surface area (Å²) >= 11 is 2.02. The zero-order valence-electron chi connectivity index (χ0n) is 9.91. The zero-order valence-corrected chi connectivity index (χ0v) is 10.7. The maximum Gasteiger partial charge on any atom is 0.306 e. The van der Waals surface area contributed by atoms with Crippen LogP contribution in [0.4, 0.5) is 0 Å². The second kappa shape index (κ2) is 4.96. The van der Waals surface area contributed by atoms with Gasteiger partial charge in [-0.25, -0.2) is 0 Å². The SMILES string of the molecule is COC(=O)CC1(CSC2CCC(N)C2)CC1. The fourth-order valence-corrected chi connectivity index (χ4v) is 4.01. The monoisotopic (exact) mass is 243 g/mol. The first-order valence-electron chi connectivity index (χ1n) is 6.07. The third kappa shape index (κ3) is 3.14. The van der Waals surface area contributed by atoms with Crippen LogP contribution < -0.4 is 5.73 Å². The standard InChI is InChI=1S/C12H21NO2S/c1-15-11(14)7-12(4-5-12)8-16-10-3-2-9(13)6-10/h9-10H,2-8,13H2,1H3. The molecule has 2 unspecified atom stereocenters. The van der Waals surface area contributed by atoms with Crippen molar-refractivity contribution in [2.45, 2.75) is 49.8 Å². The Morgan fingerprint density at radius 2 is 2.25 bits per heavy atom. The lowest BCUT2D eigenvalue weighted by Crippen LogP contribution is -2.17. The highest BCUT2D eigenvalue weighted by Gasteiger charge is 2.45. The van der Waals surface area contributed by atoms with Crippen molar-refractivity contribution in [3.05, 3.63) is 0 Å². The summed E-state index contributed by atoms with van der Waals surface area (Å²) in [5.41, 5.74) is 6.16. The van der Waals surface area contributed by atoms with E-state index >= 15 is 0 Å². The van der Waals surface area contributed by atoms with E-state index in [1.54, 1.807) is 0 Å². The van der Waals surface area contributed by atoms with E-state index in [2.05, 4.69) is 0 Å². The third-order valence-electron chi connectivity index (χ3n) is 3.75. The summed E-state index contributed by atoms with van der Waals surface area (Å²) in [7, 11) is 1.47. The van der Waals surface area contributed by atoms with Gasteiger partial charge < -0.3 is 10.5 Å². The summed E-state index contributed by atoms with van der Waals surface area (Å²) in [4.78, 5) is 11.3. The molecule has 0 aromatic rings. The number of nitrogens with two attached hydrogens (primary N) is 1. The average Bonchev–Trinajstić information content (AvgIpc) is 2.90. The average molecular weight is 243 g/mol. The highest BCUT2D eigenvalue weighted by atomic mass is 32.2. The Morgan fingerprint density at radius 1 is 1.50 bits per heavy atom. The lowest BCUT2D eigenvalue weighted by molar-refractivity contribution is -0.141. The van der Waals surface area contributed by atoms with Gasteiger partial charge in [-0.05, 0) is 43.3 Å². The van der Waals surface area contributed by atoms with Crippen LogP contribution in [0.5, 0.6) is 0 Å². The minimum absolute atomic E-state index is 0.0544. The van der Waals surface area contributed by atoms with E-state index in [-0.39, 0.29) is 11.4 Å². The Hall–Kier alpha value is -0.220. The molecular weight excluding hydrogens is 222 g/mol. The molecule has 4 heteroatoms. The molecule has 0 radical (unpaired) electrons. The third-order valence-corrected chi connectivity index (χ3v) is 5.43. The molecule has 16 heavy (non-hydrogen) atoms. The number of esters is 1. The second-order valence-corrected chi connectivity index (χ2v) is 6.55. The van der Waals surface area contributed by atoms with Gasteiger partial charge in [-0.1, -0.05) is 0 Å². The molecule has 0 bridgehead atoms. The van der Waals surface area contributed by atoms with E-state index in [0.29, 0.717) is 12.5 Å². The van der Waals surface area contributed by atoms with Crippen molar-refractivity contribution in [3.8, 4) is 0 Å². The Balaban J connectivity index is 1.71. The van der Waals surface area contributed by atoms with Crippen LogP contribution in [0.1, 0.15) is 38.5 Å². The van der Waals surface area contributed by atoms with Crippen molar-refractivity contribution in [1.82, 2.24) is 0 Å². The van der Waals surface area contributed by atoms with E-state index < -0.39 is 0 Å². The van der Waals surface area contributed by atoms with Crippen LogP contribution >= 0.6 is 11.8 Å². The quantitative estimate of drug-likeness (QED) is 0.750. The molecule has 0 amide bonds. The van der Waals surface area contributed by atoms with Gasteiger partial charge in [0.1, 0.15) is 0 Å². The van der Waals surface area contributed by atoms with Crippen molar-refractivity contribution in [1.29, 1.82) is 0 Å². The number of thioether (sulfide) groups is 1. The molecule has 2 saturated carbocycles. The van der Waals surface area contributed by atoms with E-state index in [0.717, 1.165) is 17.4 Å². The molecule has 0 aromatic heterocycles. The summed E-state index contributed by atoms with van der Waals surface area (Å²) in [5.74, 6) is 1.06. The molecule has 2 N–H and O–H groups in total. The number of ether oxygens (including phenoxy) is 1. The lowest BCUT2D eigenvalue weighted by Gasteiger charge is -2.16. The Kier molecular flexibility index (Phi) is 3.80. The second-order valence-electron chi connectivity index (χ2n) is 5.26. The van der Waals surface area contributed by atoms with Crippen LogP contribution in [0.3, 0.4) is 0 Å². The Morgan fingerprint density at radius 3 is 2.75 bits per heavy atom. The van der Waals surface area contributed by atoms with Gasteiger partial charge in [-0.15, -0.1) is 0 Å². The van der Waals surface area contributed by atoms with Gasteiger partial charge in [0, 0.05) is 11.3 Å². The van der Waals surface area contributed by atoms with Crippen LogP contribution in [0.15, 0.2) is 0 Å². The maximum absolute atomic E-state index is 11.3. The number of carbonyl (C=O) groups excluding carboxylic acids is 1. The molecular formula is C12H21NO2S. The number of rotatable bonds is 5. The summed E-state index contributed by atoms with van der Waals surface area (Å²) in [6, 6.07) is 0.410. The fraction of sp³-hybridized carbons (Fsp3) is 0.917. The van der Waals surface area contributed by atoms with Crippen LogP contribution in [-0.2, 0) is 9.53 Å². The van der Waals surface area contributed by atoms with Crippen molar-refractivity contribution in [3.63, 3.8) is 0 Å². The summed E-state index contributed by atoms with van der Waals surface area (Å²) < 4.78 is 4.75. The molecule has 0 heterocycles. The maximum atomic E-state index is 11.3. The minimum atomic E-state index is -0.0544. The first kappa shape index (κ1) is 12.2. The minimum Gasteiger partial charge on any atom is -0.469 e. The van der Waals surface area contributed by atoms with Gasteiger partial charge in [0.2, 0.25) is 0 Å². The molecule has 92 valence electrons. The fourth-order valence-electron chi connectivity index (χ4n) is 2.35.